The highest BCUT2D eigenvalue weighted by Crippen LogP contribution is 2.45. The minimum atomic E-state index is -0.495. The highest BCUT2D eigenvalue weighted by Gasteiger charge is 2.24. The third-order valence-electron chi connectivity index (χ3n) is 5.06. The standard InChI is InChI=1S/C26H28N2O6/c1-15(2)7-12-20-23(34-17(4)30)14-24(32-6)25(26(20)31)21-13-22(28(5)27-21)18-8-10-19(11-9-18)33-16(3)29/h7-11,13-14,31H,12H2,1-6H3. The number of phenols is 1. The lowest BCUT2D eigenvalue weighted by molar-refractivity contribution is -0.132. The highest BCUT2D eigenvalue weighted by molar-refractivity contribution is 5.82. The van der Waals surface area contributed by atoms with Crippen LogP contribution < -0.4 is 14.2 Å². The van der Waals surface area contributed by atoms with Crippen LogP contribution in [0.4, 0.5) is 0 Å². The summed E-state index contributed by atoms with van der Waals surface area (Å²) in [6.07, 6.45) is 2.30. The van der Waals surface area contributed by atoms with Gasteiger partial charge in [-0.05, 0) is 50.6 Å². The number of benzene rings is 2. The molecular formula is C26H28N2O6. The summed E-state index contributed by atoms with van der Waals surface area (Å²) in [6.45, 7) is 6.55. The van der Waals surface area contributed by atoms with Crippen LogP contribution in [0.1, 0.15) is 33.3 Å². The number of rotatable bonds is 7. The summed E-state index contributed by atoms with van der Waals surface area (Å²) in [7, 11) is 3.27. The van der Waals surface area contributed by atoms with Gasteiger partial charge in [-0.3, -0.25) is 14.3 Å². The number of esters is 2. The maximum atomic E-state index is 11.7. The summed E-state index contributed by atoms with van der Waals surface area (Å²) in [6, 6.07) is 10.5. The van der Waals surface area contributed by atoms with Crippen LogP contribution in [0, 0.1) is 0 Å². The molecule has 34 heavy (non-hydrogen) atoms. The van der Waals surface area contributed by atoms with E-state index in [1.54, 1.807) is 29.9 Å². The first-order chi connectivity index (χ1) is 16.1. The molecule has 0 aliphatic carbocycles. The van der Waals surface area contributed by atoms with E-state index in [2.05, 4.69) is 5.10 Å². The van der Waals surface area contributed by atoms with E-state index in [0.29, 0.717) is 34.7 Å². The van der Waals surface area contributed by atoms with Crippen molar-refractivity contribution in [2.24, 2.45) is 7.05 Å². The van der Waals surface area contributed by atoms with Crippen molar-refractivity contribution in [3.8, 4) is 45.5 Å². The van der Waals surface area contributed by atoms with Crippen LogP contribution in [-0.4, -0.2) is 33.9 Å². The number of phenolic OH excluding ortho intramolecular Hbond substituents is 1. The second-order valence-electron chi connectivity index (χ2n) is 8.01. The van der Waals surface area contributed by atoms with E-state index in [0.717, 1.165) is 16.8 Å². The van der Waals surface area contributed by atoms with Gasteiger partial charge in [-0.1, -0.05) is 11.6 Å². The summed E-state index contributed by atoms with van der Waals surface area (Å²) in [5.41, 5.74) is 4.03. The highest BCUT2D eigenvalue weighted by atomic mass is 16.5. The molecule has 8 heteroatoms. The Morgan fingerprint density at radius 3 is 2.21 bits per heavy atom. The van der Waals surface area contributed by atoms with Crippen molar-refractivity contribution >= 4 is 11.9 Å². The van der Waals surface area contributed by atoms with Crippen molar-refractivity contribution in [3.05, 3.63) is 53.6 Å². The third-order valence-corrected chi connectivity index (χ3v) is 5.06. The normalized spacial score (nSPS) is 10.5. The number of hydrogen-bond acceptors (Lipinski definition) is 7. The van der Waals surface area contributed by atoms with Crippen LogP contribution in [-0.2, 0) is 23.1 Å². The van der Waals surface area contributed by atoms with Gasteiger partial charge in [0.05, 0.1) is 18.4 Å². The van der Waals surface area contributed by atoms with Crippen molar-refractivity contribution in [2.75, 3.05) is 7.11 Å². The quantitative estimate of drug-likeness (QED) is 0.304. The molecule has 0 aliphatic rings. The Kier molecular flexibility index (Phi) is 7.40. The Hall–Kier alpha value is -4.07. The predicted molar refractivity (Wildman–Crippen MR) is 128 cm³/mol. The zero-order valence-corrected chi connectivity index (χ0v) is 20.1. The SMILES string of the molecule is COc1cc(OC(C)=O)c(CC=C(C)C)c(O)c1-c1cc(-c2ccc(OC(C)=O)cc2)n(C)n1. The van der Waals surface area contributed by atoms with E-state index in [-0.39, 0.29) is 17.5 Å². The molecule has 0 saturated carbocycles. The number of allylic oxidation sites excluding steroid dienone is 2. The Morgan fingerprint density at radius 1 is 1.00 bits per heavy atom. The lowest BCUT2D eigenvalue weighted by Gasteiger charge is -2.16. The van der Waals surface area contributed by atoms with Gasteiger partial charge in [0.2, 0.25) is 0 Å². The van der Waals surface area contributed by atoms with Gasteiger partial charge in [0.25, 0.3) is 0 Å². The van der Waals surface area contributed by atoms with Gasteiger partial charge in [0, 0.05) is 38.1 Å². The lowest BCUT2D eigenvalue weighted by Crippen LogP contribution is -2.05. The number of aromatic hydroxyl groups is 1. The molecule has 0 unspecified atom stereocenters. The number of carbonyl (C=O) groups is 2. The average molecular weight is 465 g/mol. The van der Waals surface area contributed by atoms with E-state index in [1.807, 2.05) is 38.1 Å². The van der Waals surface area contributed by atoms with Gasteiger partial charge in [0.15, 0.2) is 0 Å². The number of hydrogen-bond donors (Lipinski definition) is 1. The molecule has 1 aromatic heterocycles. The molecule has 1 heterocycles. The maximum Gasteiger partial charge on any atom is 0.308 e. The fourth-order valence-electron chi connectivity index (χ4n) is 3.54. The predicted octanol–water partition coefficient (Wildman–Crippen LogP) is 4.83. The molecule has 0 bridgehead atoms. The molecule has 0 fully saturated rings. The van der Waals surface area contributed by atoms with Gasteiger partial charge in [-0.2, -0.15) is 5.10 Å². The molecule has 0 atom stereocenters. The summed E-state index contributed by atoms with van der Waals surface area (Å²) in [5, 5.41) is 15.8. The van der Waals surface area contributed by atoms with Crippen molar-refractivity contribution in [1.82, 2.24) is 9.78 Å². The van der Waals surface area contributed by atoms with Crippen LogP contribution in [0.25, 0.3) is 22.5 Å². The fraction of sp³-hybridized carbons (Fsp3) is 0.269. The van der Waals surface area contributed by atoms with Gasteiger partial charge in [-0.25, -0.2) is 0 Å². The zero-order chi connectivity index (χ0) is 25.0. The Balaban J connectivity index is 2.12. The van der Waals surface area contributed by atoms with Crippen molar-refractivity contribution in [3.63, 3.8) is 0 Å². The Bertz CT molecular complexity index is 1250. The van der Waals surface area contributed by atoms with Crippen LogP contribution in [0.5, 0.6) is 23.0 Å². The molecule has 2 aromatic carbocycles. The van der Waals surface area contributed by atoms with Crippen molar-refractivity contribution in [1.29, 1.82) is 0 Å². The van der Waals surface area contributed by atoms with Crippen LogP contribution in [0.3, 0.4) is 0 Å². The lowest BCUT2D eigenvalue weighted by atomic mass is 9.99. The first-order valence-electron chi connectivity index (χ1n) is 10.7. The third kappa shape index (κ3) is 5.46. The van der Waals surface area contributed by atoms with Crippen LogP contribution in [0.15, 0.2) is 48.0 Å². The summed E-state index contributed by atoms with van der Waals surface area (Å²) in [5.74, 6) is 0.0555. The topological polar surface area (TPSA) is 99.9 Å². The second kappa shape index (κ2) is 10.2. The Morgan fingerprint density at radius 2 is 1.65 bits per heavy atom. The first-order valence-corrected chi connectivity index (χ1v) is 10.7. The molecule has 178 valence electrons. The number of aryl methyl sites for hydroxylation is 1. The Labute approximate surface area is 198 Å². The maximum absolute atomic E-state index is 11.7. The van der Waals surface area contributed by atoms with Gasteiger partial charge < -0.3 is 19.3 Å². The number of nitrogens with zero attached hydrogens (tertiary/aromatic N) is 2. The summed E-state index contributed by atoms with van der Waals surface area (Å²) >= 11 is 0. The first kappa shape index (κ1) is 24.6. The van der Waals surface area contributed by atoms with E-state index in [9.17, 15) is 14.7 Å². The van der Waals surface area contributed by atoms with Crippen molar-refractivity contribution in [2.45, 2.75) is 34.1 Å². The summed E-state index contributed by atoms with van der Waals surface area (Å²) in [4.78, 5) is 22.8. The van der Waals surface area contributed by atoms with Crippen LogP contribution >= 0.6 is 0 Å². The smallest absolute Gasteiger partial charge is 0.308 e. The molecule has 0 spiro atoms. The van der Waals surface area contributed by atoms with E-state index >= 15 is 0 Å². The number of aromatic nitrogens is 2. The van der Waals surface area contributed by atoms with Crippen LogP contribution in [0.2, 0.25) is 0 Å². The minimum absolute atomic E-state index is 0.0667. The number of carbonyl (C=O) groups excluding carboxylic acids is 2. The largest absolute Gasteiger partial charge is 0.507 e. The minimum Gasteiger partial charge on any atom is -0.507 e. The van der Waals surface area contributed by atoms with E-state index in [1.165, 1.54) is 21.0 Å². The monoisotopic (exact) mass is 464 g/mol. The van der Waals surface area contributed by atoms with Gasteiger partial charge >= 0.3 is 11.9 Å². The molecule has 3 aromatic rings. The second-order valence-corrected chi connectivity index (χ2v) is 8.01. The van der Waals surface area contributed by atoms with Gasteiger partial charge in [-0.15, -0.1) is 0 Å². The molecular weight excluding hydrogens is 436 g/mol. The molecule has 3 rings (SSSR count). The molecule has 0 amide bonds. The molecule has 0 radical (unpaired) electrons. The van der Waals surface area contributed by atoms with E-state index in [4.69, 9.17) is 14.2 Å². The molecule has 0 aliphatic heterocycles. The van der Waals surface area contributed by atoms with E-state index < -0.39 is 5.97 Å². The summed E-state index contributed by atoms with van der Waals surface area (Å²) < 4.78 is 17.7. The fourth-order valence-corrected chi connectivity index (χ4v) is 3.54. The molecule has 0 saturated heterocycles. The van der Waals surface area contributed by atoms with Gasteiger partial charge in [0.1, 0.15) is 28.7 Å². The number of ether oxygens (including phenoxy) is 3. The van der Waals surface area contributed by atoms with Crippen molar-refractivity contribution < 1.29 is 28.9 Å². The average Bonchev–Trinajstić information content (AvgIpc) is 3.13. The molecule has 1 N–H and O–H groups in total. The molecule has 8 nitrogen and oxygen atoms in total. The zero-order valence-electron chi connectivity index (χ0n) is 20.1. The number of methoxy groups -OCH3 is 1.